The van der Waals surface area contributed by atoms with Gasteiger partial charge in [0.05, 0.1) is 18.3 Å². The van der Waals surface area contributed by atoms with Gasteiger partial charge in [-0.25, -0.2) is 13.5 Å². The molecule has 0 aliphatic rings. The molecule has 3 aromatic rings. The van der Waals surface area contributed by atoms with Crippen molar-refractivity contribution in [3.8, 4) is 11.3 Å². The van der Waals surface area contributed by atoms with Crippen molar-refractivity contribution in [3.63, 3.8) is 0 Å². The van der Waals surface area contributed by atoms with E-state index in [1.165, 1.54) is 22.9 Å². The number of hydrogen-bond acceptors (Lipinski definition) is 4. The van der Waals surface area contributed by atoms with Gasteiger partial charge in [0.25, 0.3) is 5.56 Å². The zero-order valence-electron chi connectivity index (χ0n) is 17.7. The third kappa shape index (κ3) is 5.62. The molecule has 9 heteroatoms. The van der Waals surface area contributed by atoms with Crippen LogP contribution in [0.1, 0.15) is 26.0 Å². The van der Waals surface area contributed by atoms with E-state index in [0.29, 0.717) is 17.8 Å². The number of aromatic nitrogens is 4. The van der Waals surface area contributed by atoms with Gasteiger partial charge in [-0.15, -0.1) is 0 Å². The van der Waals surface area contributed by atoms with Crippen LogP contribution in [0, 0.1) is 24.5 Å². The molecule has 0 saturated carbocycles. The Morgan fingerprint density at radius 2 is 1.87 bits per heavy atom. The van der Waals surface area contributed by atoms with Crippen molar-refractivity contribution in [2.24, 2.45) is 5.92 Å². The van der Waals surface area contributed by atoms with E-state index in [2.05, 4.69) is 15.5 Å². The SMILES string of the molecule is Cc1ccnn1CCC(=O)N[C@H](Cn1nc(-c2ccc(F)c(F)c2)ccc1=O)C(C)C. The minimum Gasteiger partial charge on any atom is -0.351 e. The van der Waals surface area contributed by atoms with Gasteiger partial charge in [-0.3, -0.25) is 14.3 Å². The van der Waals surface area contributed by atoms with Gasteiger partial charge in [0.15, 0.2) is 11.6 Å². The van der Waals surface area contributed by atoms with E-state index in [1.807, 2.05) is 26.8 Å². The summed E-state index contributed by atoms with van der Waals surface area (Å²) in [6.45, 7) is 6.40. The number of halogens is 2. The molecule has 7 nitrogen and oxygen atoms in total. The van der Waals surface area contributed by atoms with E-state index in [-0.39, 0.29) is 36.4 Å². The molecule has 0 spiro atoms. The molecule has 3 rings (SSSR count). The first-order chi connectivity index (χ1) is 14.7. The van der Waals surface area contributed by atoms with E-state index in [9.17, 15) is 18.4 Å². The summed E-state index contributed by atoms with van der Waals surface area (Å²) in [5.74, 6) is -2.06. The largest absolute Gasteiger partial charge is 0.351 e. The normalized spacial score (nSPS) is 12.2. The molecule has 164 valence electrons. The zero-order valence-corrected chi connectivity index (χ0v) is 17.7. The molecule has 1 atom stereocenters. The highest BCUT2D eigenvalue weighted by atomic mass is 19.2. The summed E-state index contributed by atoms with van der Waals surface area (Å²) in [5.41, 5.74) is 1.31. The van der Waals surface area contributed by atoms with Crippen LogP contribution in [0.3, 0.4) is 0 Å². The number of aryl methyl sites for hydroxylation is 2. The number of carbonyl (C=O) groups is 1. The highest BCUT2D eigenvalue weighted by Crippen LogP contribution is 2.18. The maximum Gasteiger partial charge on any atom is 0.266 e. The Labute approximate surface area is 178 Å². The van der Waals surface area contributed by atoms with Crippen molar-refractivity contribution in [2.45, 2.75) is 46.3 Å². The molecular formula is C22H25F2N5O2. The van der Waals surface area contributed by atoms with Crippen LogP contribution in [0.2, 0.25) is 0 Å². The molecule has 0 fully saturated rings. The summed E-state index contributed by atoms with van der Waals surface area (Å²) >= 11 is 0. The topological polar surface area (TPSA) is 81.8 Å². The predicted molar refractivity (Wildman–Crippen MR) is 112 cm³/mol. The molecule has 0 saturated heterocycles. The number of amides is 1. The first-order valence-corrected chi connectivity index (χ1v) is 10.1. The maximum atomic E-state index is 13.6. The number of rotatable bonds is 8. The maximum absolute atomic E-state index is 13.6. The molecule has 0 unspecified atom stereocenters. The lowest BCUT2D eigenvalue weighted by Gasteiger charge is -2.23. The Hall–Kier alpha value is -3.36. The summed E-state index contributed by atoms with van der Waals surface area (Å²) in [4.78, 5) is 24.8. The number of hydrogen-bond donors (Lipinski definition) is 1. The van der Waals surface area contributed by atoms with E-state index in [4.69, 9.17) is 0 Å². The molecule has 2 heterocycles. The van der Waals surface area contributed by atoms with E-state index in [1.54, 1.807) is 10.9 Å². The number of carbonyl (C=O) groups excluding carboxylic acids is 1. The van der Waals surface area contributed by atoms with Crippen molar-refractivity contribution in [1.29, 1.82) is 0 Å². The van der Waals surface area contributed by atoms with Crippen LogP contribution in [0.15, 0.2) is 47.4 Å². The lowest BCUT2D eigenvalue weighted by Crippen LogP contribution is -2.44. The highest BCUT2D eigenvalue weighted by Gasteiger charge is 2.19. The fourth-order valence-corrected chi connectivity index (χ4v) is 3.12. The molecule has 0 radical (unpaired) electrons. The Balaban J connectivity index is 1.73. The molecule has 31 heavy (non-hydrogen) atoms. The van der Waals surface area contributed by atoms with Gasteiger partial charge in [-0.1, -0.05) is 13.8 Å². The smallest absolute Gasteiger partial charge is 0.266 e. The average Bonchev–Trinajstić information content (AvgIpc) is 3.14. The third-order valence-electron chi connectivity index (χ3n) is 5.08. The summed E-state index contributed by atoms with van der Waals surface area (Å²) in [6.07, 6.45) is 1.94. The van der Waals surface area contributed by atoms with Gasteiger partial charge in [-0.2, -0.15) is 10.2 Å². The first-order valence-electron chi connectivity index (χ1n) is 10.1. The van der Waals surface area contributed by atoms with Gasteiger partial charge in [0.1, 0.15) is 0 Å². The van der Waals surface area contributed by atoms with Crippen LogP contribution in [0.5, 0.6) is 0 Å². The second kappa shape index (κ2) is 9.63. The second-order valence-corrected chi connectivity index (χ2v) is 7.73. The monoisotopic (exact) mass is 429 g/mol. The minimum atomic E-state index is -0.989. The molecule has 0 bridgehead atoms. The summed E-state index contributed by atoms with van der Waals surface area (Å²) in [5, 5.41) is 11.4. The van der Waals surface area contributed by atoms with Crippen molar-refractivity contribution >= 4 is 5.91 Å². The predicted octanol–water partition coefficient (Wildman–Crippen LogP) is 2.92. The molecule has 0 aliphatic carbocycles. The van der Waals surface area contributed by atoms with Crippen molar-refractivity contribution in [3.05, 3.63) is 70.3 Å². The van der Waals surface area contributed by atoms with Gasteiger partial charge in [0, 0.05) is 36.5 Å². The Bertz CT molecular complexity index is 1120. The molecule has 2 aromatic heterocycles. The van der Waals surface area contributed by atoms with Gasteiger partial charge in [0.2, 0.25) is 5.91 Å². The van der Waals surface area contributed by atoms with Crippen LogP contribution >= 0.6 is 0 Å². The van der Waals surface area contributed by atoms with E-state index < -0.39 is 11.6 Å². The third-order valence-corrected chi connectivity index (χ3v) is 5.08. The van der Waals surface area contributed by atoms with Crippen LogP contribution in [0.4, 0.5) is 8.78 Å². The molecule has 1 aromatic carbocycles. The van der Waals surface area contributed by atoms with Crippen LogP contribution < -0.4 is 10.9 Å². The fraction of sp³-hybridized carbons (Fsp3) is 0.364. The van der Waals surface area contributed by atoms with Crippen LogP contribution in [-0.2, 0) is 17.9 Å². The van der Waals surface area contributed by atoms with Gasteiger partial charge < -0.3 is 5.32 Å². The second-order valence-electron chi connectivity index (χ2n) is 7.73. The van der Waals surface area contributed by atoms with Crippen molar-refractivity contribution in [2.75, 3.05) is 0 Å². The zero-order chi connectivity index (χ0) is 22.5. The Kier molecular flexibility index (Phi) is 6.94. The molecule has 1 N–H and O–H groups in total. The lowest BCUT2D eigenvalue weighted by molar-refractivity contribution is -0.122. The number of nitrogens with one attached hydrogen (secondary N) is 1. The summed E-state index contributed by atoms with van der Waals surface area (Å²) in [6, 6.07) is 7.76. The number of benzene rings is 1. The van der Waals surface area contributed by atoms with Crippen molar-refractivity contribution in [1.82, 2.24) is 24.9 Å². The van der Waals surface area contributed by atoms with Crippen molar-refractivity contribution < 1.29 is 13.6 Å². The molecule has 0 aliphatic heterocycles. The fourth-order valence-electron chi connectivity index (χ4n) is 3.12. The van der Waals surface area contributed by atoms with Crippen LogP contribution in [0.25, 0.3) is 11.3 Å². The van der Waals surface area contributed by atoms with E-state index in [0.717, 1.165) is 17.8 Å². The summed E-state index contributed by atoms with van der Waals surface area (Å²) in [7, 11) is 0. The minimum absolute atomic E-state index is 0.0380. The molecular weight excluding hydrogens is 404 g/mol. The quantitative estimate of drug-likeness (QED) is 0.597. The van der Waals surface area contributed by atoms with Gasteiger partial charge >= 0.3 is 0 Å². The van der Waals surface area contributed by atoms with E-state index >= 15 is 0 Å². The standard InChI is InChI=1S/C22H25F2N5O2/c1-14(2)20(26-21(30)9-11-28-15(3)8-10-25-28)13-29-22(31)7-6-19(27-29)16-4-5-17(23)18(24)12-16/h4-8,10,12,14,20H,9,11,13H2,1-3H3,(H,26,30)/t20-/m1/s1. The first kappa shape index (κ1) is 22.3. The van der Waals surface area contributed by atoms with Crippen LogP contribution in [-0.4, -0.2) is 31.5 Å². The highest BCUT2D eigenvalue weighted by molar-refractivity contribution is 5.76. The molecule has 1 amide bonds. The van der Waals surface area contributed by atoms with Gasteiger partial charge in [-0.05, 0) is 43.2 Å². The lowest BCUT2D eigenvalue weighted by atomic mass is 10.0. The number of nitrogens with zero attached hydrogens (tertiary/aromatic N) is 4. The Morgan fingerprint density at radius 3 is 2.52 bits per heavy atom. The average molecular weight is 429 g/mol. The Morgan fingerprint density at radius 1 is 1.10 bits per heavy atom. The summed E-state index contributed by atoms with van der Waals surface area (Å²) < 4.78 is 29.8.